The average Bonchev–Trinajstić information content (AvgIpc) is 2.49. The van der Waals surface area contributed by atoms with Gasteiger partial charge in [0.25, 0.3) is 0 Å². The number of rotatable bonds is 11. The molecule has 3 nitrogen and oxygen atoms in total. The van der Waals surface area contributed by atoms with Gasteiger partial charge in [-0.1, -0.05) is 50.6 Å². The van der Waals surface area contributed by atoms with Gasteiger partial charge in [-0.3, -0.25) is 0 Å². The second-order valence-electron chi connectivity index (χ2n) is 5.39. The van der Waals surface area contributed by atoms with Crippen molar-refractivity contribution in [3.05, 3.63) is 35.9 Å². The van der Waals surface area contributed by atoms with E-state index in [9.17, 15) is 5.11 Å². The van der Waals surface area contributed by atoms with E-state index < -0.39 is 6.10 Å². The summed E-state index contributed by atoms with van der Waals surface area (Å²) < 4.78 is 5.39. The van der Waals surface area contributed by atoms with Crippen molar-refractivity contribution < 1.29 is 9.84 Å². The molecular formula is C17H29NO2. The highest BCUT2D eigenvalue weighted by Gasteiger charge is 2.06. The lowest BCUT2D eigenvalue weighted by atomic mass is 9.98. The van der Waals surface area contributed by atoms with E-state index in [1.165, 1.54) is 5.56 Å². The molecule has 1 aromatic carbocycles. The van der Waals surface area contributed by atoms with Crippen LogP contribution in [0.2, 0.25) is 0 Å². The highest BCUT2D eigenvalue weighted by Crippen LogP contribution is 2.17. The van der Waals surface area contributed by atoms with Crippen molar-refractivity contribution in [2.24, 2.45) is 0 Å². The summed E-state index contributed by atoms with van der Waals surface area (Å²) in [4.78, 5) is 0. The molecule has 0 saturated heterocycles. The number of hydrogen-bond acceptors (Lipinski definition) is 3. The van der Waals surface area contributed by atoms with E-state index in [4.69, 9.17) is 4.74 Å². The minimum Gasteiger partial charge on any atom is -0.389 e. The minimum absolute atomic E-state index is 0.404. The van der Waals surface area contributed by atoms with Crippen LogP contribution in [0.3, 0.4) is 0 Å². The molecule has 2 atom stereocenters. The molecule has 114 valence electrons. The fourth-order valence-electron chi connectivity index (χ4n) is 2.06. The molecule has 1 aromatic rings. The van der Waals surface area contributed by atoms with Crippen LogP contribution in [0.5, 0.6) is 0 Å². The summed E-state index contributed by atoms with van der Waals surface area (Å²) in [6, 6.07) is 10.5. The first-order chi connectivity index (χ1) is 9.74. The van der Waals surface area contributed by atoms with Crippen molar-refractivity contribution in [2.45, 2.75) is 45.1 Å². The Balaban J connectivity index is 2.03. The Kier molecular flexibility index (Phi) is 9.29. The summed E-state index contributed by atoms with van der Waals surface area (Å²) in [5.41, 5.74) is 1.37. The smallest absolute Gasteiger partial charge is 0.0897 e. The van der Waals surface area contributed by atoms with Crippen LogP contribution in [0.4, 0.5) is 0 Å². The molecule has 20 heavy (non-hydrogen) atoms. The first kappa shape index (κ1) is 17.2. The van der Waals surface area contributed by atoms with Crippen molar-refractivity contribution in [3.8, 4) is 0 Å². The summed E-state index contributed by atoms with van der Waals surface area (Å²) in [5, 5.41) is 13.0. The second kappa shape index (κ2) is 10.8. The molecule has 0 amide bonds. The van der Waals surface area contributed by atoms with Gasteiger partial charge in [-0.05, 0) is 30.9 Å². The van der Waals surface area contributed by atoms with Crippen LogP contribution < -0.4 is 5.32 Å². The van der Waals surface area contributed by atoms with Crippen molar-refractivity contribution in [1.29, 1.82) is 0 Å². The second-order valence-corrected chi connectivity index (χ2v) is 5.39. The fraction of sp³-hybridized carbons (Fsp3) is 0.647. The van der Waals surface area contributed by atoms with E-state index in [1.54, 1.807) is 0 Å². The maximum atomic E-state index is 9.74. The fourth-order valence-corrected chi connectivity index (χ4v) is 2.06. The average molecular weight is 279 g/mol. The first-order valence-corrected chi connectivity index (χ1v) is 7.75. The third kappa shape index (κ3) is 7.63. The zero-order valence-electron chi connectivity index (χ0n) is 12.8. The summed E-state index contributed by atoms with van der Waals surface area (Å²) >= 11 is 0. The van der Waals surface area contributed by atoms with Gasteiger partial charge in [0.15, 0.2) is 0 Å². The molecule has 0 spiro atoms. The highest BCUT2D eigenvalue weighted by atomic mass is 16.5. The van der Waals surface area contributed by atoms with Gasteiger partial charge in [0.2, 0.25) is 0 Å². The maximum Gasteiger partial charge on any atom is 0.0897 e. The third-order valence-corrected chi connectivity index (χ3v) is 3.46. The standard InChI is InChI=1S/C17H29NO2/c1-3-4-12-20-14-17(19)13-18-11-10-15(2)16-8-6-5-7-9-16/h5-9,15,17-19H,3-4,10-14H2,1-2H3. The zero-order chi connectivity index (χ0) is 14.6. The number of ether oxygens (including phenoxy) is 1. The molecule has 0 aromatic heterocycles. The Hall–Kier alpha value is -0.900. The minimum atomic E-state index is -0.404. The number of hydrogen-bond donors (Lipinski definition) is 2. The molecule has 0 heterocycles. The van der Waals surface area contributed by atoms with E-state index >= 15 is 0 Å². The van der Waals surface area contributed by atoms with E-state index in [1.807, 2.05) is 6.07 Å². The van der Waals surface area contributed by atoms with Gasteiger partial charge in [0.05, 0.1) is 12.7 Å². The number of unbranched alkanes of at least 4 members (excludes halogenated alkanes) is 1. The third-order valence-electron chi connectivity index (χ3n) is 3.46. The number of aliphatic hydroxyl groups is 1. The van der Waals surface area contributed by atoms with Crippen molar-refractivity contribution in [3.63, 3.8) is 0 Å². The quantitative estimate of drug-likeness (QED) is 0.612. The van der Waals surface area contributed by atoms with Crippen LogP contribution in [0.15, 0.2) is 30.3 Å². The van der Waals surface area contributed by atoms with Gasteiger partial charge in [-0.2, -0.15) is 0 Å². The Morgan fingerprint density at radius 3 is 2.70 bits per heavy atom. The predicted octanol–water partition coefficient (Wildman–Crippen LogP) is 2.95. The normalized spacial score (nSPS) is 14.2. The Labute approximate surface area is 123 Å². The lowest BCUT2D eigenvalue weighted by Crippen LogP contribution is -2.31. The van der Waals surface area contributed by atoms with Crippen LogP contribution >= 0.6 is 0 Å². The van der Waals surface area contributed by atoms with E-state index in [0.29, 0.717) is 19.1 Å². The van der Waals surface area contributed by atoms with Crippen molar-refractivity contribution in [2.75, 3.05) is 26.3 Å². The molecule has 0 radical (unpaired) electrons. The Bertz CT molecular complexity index is 329. The van der Waals surface area contributed by atoms with E-state index in [2.05, 4.69) is 43.4 Å². The Morgan fingerprint density at radius 1 is 1.25 bits per heavy atom. The van der Waals surface area contributed by atoms with E-state index in [0.717, 1.165) is 32.4 Å². The SMILES string of the molecule is CCCCOCC(O)CNCCC(C)c1ccccc1. The summed E-state index contributed by atoms with van der Waals surface area (Å²) in [5.74, 6) is 0.543. The number of aliphatic hydroxyl groups excluding tert-OH is 1. The molecule has 0 aliphatic carbocycles. The van der Waals surface area contributed by atoms with Gasteiger partial charge < -0.3 is 15.2 Å². The summed E-state index contributed by atoms with van der Waals surface area (Å²) in [7, 11) is 0. The summed E-state index contributed by atoms with van der Waals surface area (Å²) in [6.07, 6.45) is 2.87. The molecular weight excluding hydrogens is 250 g/mol. The molecule has 2 N–H and O–H groups in total. The van der Waals surface area contributed by atoms with Crippen LogP contribution in [-0.4, -0.2) is 37.5 Å². The van der Waals surface area contributed by atoms with Crippen LogP contribution in [0.25, 0.3) is 0 Å². The van der Waals surface area contributed by atoms with Gasteiger partial charge >= 0.3 is 0 Å². The van der Waals surface area contributed by atoms with Gasteiger partial charge in [-0.15, -0.1) is 0 Å². The molecule has 0 bridgehead atoms. The van der Waals surface area contributed by atoms with Crippen LogP contribution in [0, 0.1) is 0 Å². The topological polar surface area (TPSA) is 41.5 Å². The van der Waals surface area contributed by atoms with Crippen LogP contribution in [-0.2, 0) is 4.74 Å². The lowest BCUT2D eigenvalue weighted by Gasteiger charge is -2.15. The maximum absolute atomic E-state index is 9.74. The highest BCUT2D eigenvalue weighted by molar-refractivity contribution is 5.18. The molecule has 1 rings (SSSR count). The lowest BCUT2D eigenvalue weighted by molar-refractivity contribution is 0.0359. The first-order valence-electron chi connectivity index (χ1n) is 7.75. The van der Waals surface area contributed by atoms with Crippen molar-refractivity contribution in [1.82, 2.24) is 5.32 Å². The van der Waals surface area contributed by atoms with Gasteiger partial charge in [-0.25, -0.2) is 0 Å². The molecule has 0 aliphatic heterocycles. The zero-order valence-corrected chi connectivity index (χ0v) is 12.8. The Morgan fingerprint density at radius 2 is 2.00 bits per heavy atom. The predicted molar refractivity (Wildman–Crippen MR) is 84.1 cm³/mol. The van der Waals surface area contributed by atoms with E-state index in [-0.39, 0.29) is 0 Å². The van der Waals surface area contributed by atoms with Gasteiger partial charge in [0, 0.05) is 13.2 Å². The molecule has 0 aliphatic rings. The molecule has 2 unspecified atom stereocenters. The van der Waals surface area contributed by atoms with Gasteiger partial charge in [0.1, 0.15) is 0 Å². The molecule has 3 heteroatoms. The monoisotopic (exact) mass is 279 g/mol. The molecule has 0 saturated carbocycles. The number of nitrogens with one attached hydrogen (secondary N) is 1. The number of benzene rings is 1. The summed E-state index contributed by atoms with van der Waals surface area (Å²) in [6.45, 7) is 7.08. The van der Waals surface area contributed by atoms with Crippen LogP contribution in [0.1, 0.15) is 44.6 Å². The molecule has 0 fully saturated rings. The largest absolute Gasteiger partial charge is 0.389 e. The van der Waals surface area contributed by atoms with Crippen molar-refractivity contribution >= 4 is 0 Å².